The Bertz CT molecular complexity index is 1090. The summed E-state index contributed by atoms with van der Waals surface area (Å²) in [4.78, 5) is 22.6. The average Bonchev–Trinajstić information content (AvgIpc) is 2.87. The molecule has 9 heteroatoms. The molecule has 0 aliphatic heterocycles. The van der Waals surface area contributed by atoms with Crippen LogP contribution in [-0.4, -0.2) is 29.7 Å². The molecule has 3 N–H and O–H groups in total. The number of carbonyl (C=O) groups is 1. The predicted molar refractivity (Wildman–Crippen MR) is 136 cm³/mol. The molecule has 1 unspecified atom stereocenters. The van der Waals surface area contributed by atoms with E-state index in [0.717, 1.165) is 41.7 Å². The van der Waals surface area contributed by atoms with Gasteiger partial charge in [-0.3, -0.25) is 10.1 Å². The smallest absolute Gasteiger partial charge is 0.319 e. The minimum absolute atomic E-state index is 0.00455. The van der Waals surface area contributed by atoms with Crippen LogP contribution in [0.25, 0.3) is 0 Å². The number of aliphatic hydroxyl groups is 1. The summed E-state index contributed by atoms with van der Waals surface area (Å²) in [5, 5.41) is 25.7. The molecule has 0 aliphatic rings. The van der Waals surface area contributed by atoms with Crippen molar-refractivity contribution in [2.75, 3.05) is 19.0 Å². The Balaban J connectivity index is 1.54. The summed E-state index contributed by atoms with van der Waals surface area (Å²) in [7, 11) is 1.64. The maximum atomic E-state index is 12.2. The van der Waals surface area contributed by atoms with E-state index in [9.17, 15) is 20.0 Å². The van der Waals surface area contributed by atoms with E-state index < -0.39 is 11.0 Å². The number of ether oxygens (including phenoxy) is 1. The number of hydrogen-bond acceptors (Lipinski definition) is 5. The van der Waals surface area contributed by atoms with Gasteiger partial charge in [0.05, 0.1) is 18.6 Å². The van der Waals surface area contributed by atoms with Gasteiger partial charge in [-0.05, 0) is 53.8 Å². The van der Waals surface area contributed by atoms with Crippen molar-refractivity contribution in [3.63, 3.8) is 0 Å². The van der Waals surface area contributed by atoms with E-state index in [1.54, 1.807) is 7.11 Å². The van der Waals surface area contributed by atoms with Gasteiger partial charge in [0.2, 0.25) is 0 Å². The van der Waals surface area contributed by atoms with Gasteiger partial charge in [-0.25, -0.2) is 4.79 Å². The second-order valence-electron chi connectivity index (χ2n) is 8.03. The fourth-order valence-electron chi connectivity index (χ4n) is 3.80. The van der Waals surface area contributed by atoms with E-state index in [1.165, 1.54) is 18.2 Å². The van der Waals surface area contributed by atoms with Crippen LogP contribution in [-0.2, 0) is 6.61 Å². The second kappa shape index (κ2) is 12.7. The maximum absolute atomic E-state index is 12.2. The number of carbonyl (C=O) groups excluding carboxylic acids is 1. The average molecular weight is 498 g/mol. The topological polar surface area (TPSA) is 114 Å². The van der Waals surface area contributed by atoms with Gasteiger partial charge in [0.1, 0.15) is 10.8 Å². The third-order valence-corrected chi connectivity index (χ3v) is 6.01. The molecule has 0 spiro atoms. The number of urea groups is 1. The van der Waals surface area contributed by atoms with Gasteiger partial charge in [-0.2, -0.15) is 0 Å². The van der Waals surface area contributed by atoms with Gasteiger partial charge in [0, 0.05) is 24.2 Å². The summed E-state index contributed by atoms with van der Waals surface area (Å²) in [5.74, 6) is 0.960. The van der Waals surface area contributed by atoms with Gasteiger partial charge in [-0.1, -0.05) is 54.4 Å². The normalized spacial score (nSPS) is 11.5. The van der Waals surface area contributed by atoms with Crippen LogP contribution in [0.1, 0.15) is 41.9 Å². The Kier molecular flexibility index (Phi) is 9.46. The van der Waals surface area contributed by atoms with Crippen molar-refractivity contribution in [3.8, 4) is 5.75 Å². The number of methoxy groups -OCH3 is 1. The van der Waals surface area contributed by atoms with E-state index in [-0.39, 0.29) is 23.2 Å². The van der Waals surface area contributed by atoms with E-state index in [2.05, 4.69) is 22.8 Å². The maximum Gasteiger partial charge on any atom is 0.319 e. The SMILES string of the molecule is COc1ccc(C(CCCCNC(=O)Nc2ccc(Cl)c([N+](=O)[O-])c2)c2ccc(CO)cc2)cc1. The molecule has 3 aromatic rings. The number of rotatable bonds is 11. The molecule has 0 aliphatic carbocycles. The zero-order chi connectivity index (χ0) is 25.2. The van der Waals surface area contributed by atoms with Gasteiger partial charge in [-0.15, -0.1) is 0 Å². The predicted octanol–water partition coefficient (Wildman–Crippen LogP) is 5.87. The number of hydrogen-bond donors (Lipinski definition) is 3. The minimum atomic E-state index is -0.595. The number of anilines is 1. The zero-order valence-corrected chi connectivity index (χ0v) is 20.1. The quantitative estimate of drug-likeness (QED) is 0.174. The lowest BCUT2D eigenvalue weighted by molar-refractivity contribution is -0.384. The third kappa shape index (κ3) is 7.43. The molecule has 0 heterocycles. The number of nitrogens with zero attached hydrogens (tertiary/aromatic N) is 1. The summed E-state index contributed by atoms with van der Waals surface area (Å²) >= 11 is 5.80. The van der Waals surface area contributed by atoms with Crippen molar-refractivity contribution in [2.24, 2.45) is 0 Å². The summed E-state index contributed by atoms with van der Waals surface area (Å²) in [6.45, 7) is 0.463. The number of unbranched alkanes of at least 4 members (excludes halogenated alkanes) is 1. The first-order chi connectivity index (χ1) is 16.9. The van der Waals surface area contributed by atoms with Crippen LogP contribution < -0.4 is 15.4 Å². The number of benzene rings is 3. The summed E-state index contributed by atoms with van der Waals surface area (Å²) in [6, 6.07) is 19.6. The Hall–Kier alpha value is -3.62. The summed E-state index contributed by atoms with van der Waals surface area (Å²) < 4.78 is 5.27. The lowest BCUT2D eigenvalue weighted by atomic mass is 9.86. The Morgan fingerprint density at radius 2 is 1.71 bits per heavy atom. The van der Waals surface area contributed by atoms with Crippen LogP contribution in [0, 0.1) is 10.1 Å². The molecule has 8 nitrogen and oxygen atoms in total. The van der Waals surface area contributed by atoms with Gasteiger partial charge in [0.15, 0.2) is 0 Å². The molecule has 1 atom stereocenters. The third-order valence-electron chi connectivity index (χ3n) is 5.69. The lowest BCUT2D eigenvalue weighted by Crippen LogP contribution is -2.29. The fraction of sp³-hybridized carbons (Fsp3) is 0.269. The standard InChI is InChI=1S/C26H28ClN3O5/c1-35-22-12-9-20(10-13-22)23(19-7-5-18(17-31)6-8-19)4-2-3-15-28-26(32)29-21-11-14-24(27)25(16-21)30(33)34/h5-14,16,23,31H,2-4,15,17H2,1H3,(H2,28,29,32). The molecule has 0 bridgehead atoms. The Morgan fingerprint density at radius 1 is 1.06 bits per heavy atom. The van der Waals surface area contributed by atoms with Crippen molar-refractivity contribution >= 4 is 29.0 Å². The molecule has 0 aromatic heterocycles. The summed E-state index contributed by atoms with van der Waals surface area (Å²) in [5.41, 5.74) is 3.22. The summed E-state index contributed by atoms with van der Waals surface area (Å²) in [6.07, 6.45) is 2.50. The number of amides is 2. The van der Waals surface area contributed by atoms with Crippen LogP contribution >= 0.6 is 11.6 Å². The van der Waals surface area contributed by atoms with Crippen LogP contribution in [0.3, 0.4) is 0 Å². The number of nitrogens with one attached hydrogen (secondary N) is 2. The van der Waals surface area contributed by atoms with Crippen molar-refractivity contribution in [3.05, 3.63) is 98.6 Å². The van der Waals surface area contributed by atoms with Crippen LogP contribution in [0.15, 0.2) is 66.7 Å². The first-order valence-corrected chi connectivity index (χ1v) is 11.6. The minimum Gasteiger partial charge on any atom is -0.497 e. The van der Waals surface area contributed by atoms with Crippen molar-refractivity contribution < 1.29 is 19.6 Å². The number of aliphatic hydroxyl groups excluding tert-OH is 1. The Morgan fingerprint density at radius 3 is 2.31 bits per heavy atom. The van der Waals surface area contributed by atoms with E-state index >= 15 is 0 Å². The van der Waals surface area contributed by atoms with E-state index in [0.29, 0.717) is 12.2 Å². The highest BCUT2D eigenvalue weighted by Crippen LogP contribution is 2.31. The van der Waals surface area contributed by atoms with Gasteiger partial charge in [0.25, 0.3) is 5.69 Å². The van der Waals surface area contributed by atoms with E-state index in [4.69, 9.17) is 16.3 Å². The molecular formula is C26H28ClN3O5. The molecule has 0 saturated carbocycles. The highest BCUT2D eigenvalue weighted by molar-refractivity contribution is 6.32. The zero-order valence-electron chi connectivity index (χ0n) is 19.4. The Labute approximate surface area is 209 Å². The fourth-order valence-corrected chi connectivity index (χ4v) is 3.98. The van der Waals surface area contributed by atoms with Crippen molar-refractivity contribution in [2.45, 2.75) is 31.8 Å². The molecule has 184 valence electrons. The largest absolute Gasteiger partial charge is 0.497 e. The second-order valence-corrected chi connectivity index (χ2v) is 8.43. The van der Waals surface area contributed by atoms with Crippen LogP contribution in [0.4, 0.5) is 16.2 Å². The first-order valence-electron chi connectivity index (χ1n) is 11.2. The monoisotopic (exact) mass is 497 g/mol. The van der Waals surface area contributed by atoms with Crippen LogP contribution in [0.2, 0.25) is 5.02 Å². The van der Waals surface area contributed by atoms with Crippen molar-refractivity contribution in [1.29, 1.82) is 0 Å². The van der Waals surface area contributed by atoms with E-state index in [1.807, 2.05) is 36.4 Å². The molecule has 35 heavy (non-hydrogen) atoms. The molecular weight excluding hydrogens is 470 g/mol. The molecule has 0 saturated heterocycles. The number of halogens is 1. The molecule has 0 fully saturated rings. The highest BCUT2D eigenvalue weighted by atomic mass is 35.5. The van der Waals surface area contributed by atoms with Crippen molar-refractivity contribution in [1.82, 2.24) is 5.32 Å². The van der Waals surface area contributed by atoms with Gasteiger partial charge < -0.3 is 20.5 Å². The molecule has 0 radical (unpaired) electrons. The molecule has 3 rings (SSSR count). The number of nitro benzene ring substituents is 1. The van der Waals surface area contributed by atoms with Crippen LogP contribution in [0.5, 0.6) is 5.75 Å². The lowest BCUT2D eigenvalue weighted by Gasteiger charge is -2.19. The first kappa shape index (κ1) is 26.0. The molecule has 2 amide bonds. The highest BCUT2D eigenvalue weighted by Gasteiger charge is 2.16. The van der Waals surface area contributed by atoms with Gasteiger partial charge >= 0.3 is 6.03 Å². The number of nitro groups is 1. The molecule has 3 aromatic carbocycles.